The minimum atomic E-state index is -0.611. The highest BCUT2D eigenvalue weighted by atomic mass is 32.2. The van der Waals surface area contributed by atoms with Crippen molar-refractivity contribution >= 4 is 29.5 Å². The lowest BCUT2D eigenvalue weighted by molar-refractivity contribution is -0.112. The largest absolute Gasteiger partial charge is 0.506 e. The Kier molecular flexibility index (Phi) is 6.63. The summed E-state index contributed by atoms with van der Waals surface area (Å²) in [5.74, 6) is 0.692. The van der Waals surface area contributed by atoms with Gasteiger partial charge in [-0.3, -0.25) is 4.79 Å². The summed E-state index contributed by atoms with van der Waals surface area (Å²) in [6.07, 6.45) is 0. The molecular weight excluding hydrogens is 420 g/mol. The Hall–Kier alpha value is -2.64. The Morgan fingerprint density at radius 3 is 2.43 bits per heavy atom. The molecule has 1 aromatic heterocycles. The van der Waals surface area contributed by atoms with Crippen molar-refractivity contribution in [2.75, 3.05) is 6.61 Å². The average molecular weight is 443 g/mol. The van der Waals surface area contributed by atoms with E-state index in [-0.39, 0.29) is 27.8 Å². The summed E-state index contributed by atoms with van der Waals surface area (Å²) in [6.45, 7) is 5.95. The molecule has 0 bridgehead atoms. The molecular formula is C23H22O5S2. The molecule has 0 aliphatic carbocycles. The smallest absolute Gasteiger partial charge is 0.354 e. The first-order valence-electron chi connectivity index (χ1n) is 9.24. The fourth-order valence-electron chi connectivity index (χ4n) is 2.84. The van der Waals surface area contributed by atoms with Crippen LogP contribution in [-0.4, -0.2) is 16.8 Å². The lowest BCUT2D eigenvalue weighted by atomic mass is 9.87. The van der Waals surface area contributed by atoms with Gasteiger partial charge in [0.05, 0.1) is 0 Å². The van der Waals surface area contributed by atoms with Crippen LogP contribution in [0.5, 0.6) is 11.5 Å². The van der Waals surface area contributed by atoms with Crippen molar-refractivity contribution in [3.05, 3.63) is 70.6 Å². The maximum Gasteiger partial charge on any atom is 0.354 e. The molecule has 5 nitrogen and oxygen atoms in total. The van der Waals surface area contributed by atoms with Crippen molar-refractivity contribution in [1.29, 1.82) is 0 Å². The number of hydrogen-bond donors (Lipinski definition) is 2. The van der Waals surface area contributed by atoms with Gasteiger partial charge in [-0.2, -0.15) is 0 Å². The molecule has 30 heavy (non-hydrogen) atoms. The number of rotatable bonds is 6. The second-order valence-electron chi connectivity index (χ2n) is 7.67. The van der Waals surface area contributed by atoms with E-state index in [0.29, 0.717) is 17.1 Å². The maximum atomic E-state index is 12.6. The van der Waals surface area contributed by atoms with Crippen molar-refractivity contribution < 1.29 is 19.1 Å². The number of aromatic hydroxyl groups is 1. The number of benzene rings is 2. The predicted octanol–water partition coefficient (Wildman–Crippen LogP) is 5.30. The number of carbonyl (C=O) groups is 1. The lowest BCUT2D eigenvalue weighted by Crippen LogP contribution is -2.14. The Labute approximate surface area is 184 Å². The molecule has 1 heterocycles. The number of ether oxygens (including phenoxy) is 1. The van der Waals surface area contributed by atoms with E-state index >= 15 is 0 Å². The maximum absolute atomic E-state index is 12.6. The van der Waals surface area contributed by atoms with Gasteiger partial charge in [0, 0.05) is 16.5 Å². The molecule has 3 rings (SSSR count). The Morgan fingerprint density at radius 2 is 1.83 bits per heavy atom. The standard InChI is InChI=1S/C23H22O5S2/c1-23(2,3)16-11-15(27-13-20(25)29)9-10-19(16)30-21-17(24)12-18(28-22(21)26)14-7-5-4-6-8-14/h4-12,24H,13H2,1-3H3,(H,25,29). The summed E-state index contributed by atoms with van der Waals surface area (Å²) in [4.78, 5) is 24.6. The van der Waals surface area contributed by atoms with Crippen LogP contribution in [0.1, 0.15) is 26.3 Å². The van der Waals surface area contributed by atoms with E-state index in [1.54, 1.807) is 24.3 Å². The van der Waals surface area contributed by atoms with Crippen LogP contribution in [-0.2, 0) is 10.2 Å². The molecule has 0 atom stereocenters. The van der Waals surface area contributed by atoms with E-state index in [1.807, 2.05) is 45.0 Å². The van der Waals surface area contributed by atoms with Crippen LogP contribution in [0.3, 0.4) is 0 Å². The quantitative estimate of drug-likeness (QED) is 0.505. The summed E-state index contributed by atoms with van der Waals surface area (Å²) in [6, 6.07) is 15.9. The zero-order valence-electron chi connectivity index (χ0n) is 16.8. The second-order valence-corrected chi connectivity index (χ2v) is 9.22. The zero-order valence-corrected chi connectivity index (χ0v) is 18.5. The third kappa shape index (κ3) is 5.29. The van der Waals surface area contributed by atoms with Crippen LogP contribution in [0.25, 0.3) is 11.3 Å². The van der Waals surface area contributed by atoms with Gasteiger partial charge in [-0.25, -0.2) is 4.79 Å². The van der Waals surface area contributed by atoms with Crippen LogP contribution >= 0.6 is 24.4 Å². The average Bonchev–Trinajstić information content (AvgIpc) is 2.69. The van der Waals surface area contributed by atoms with Gasteiger partial charge in [0.2, 0.25) is 5.12 Å². The van der Waals surface area contributed by atoms with Gasteiger partial charge in [-0.15, -0.1) is 12.6 Å². The molecule has 0 spiro atoms. The number of carbonyl (C=O) groups excluding carboxylic acids is 1. The van der Waals surface area contributed by atoms with E-state index in [1.165, 1.54) is 6.07 Å². The first-order valence-corrected chi connectivity index (χ1v) is 10.5. The molecule has 0 aliphatic rings. The molecule has 0 aliphatic heterocycles. The van der Waals surface area contributed by atoms with Gasteiger partial charge >= 0.3 is 5.63 Å². The Morgan fingerprint density at radius 1 is 1.13 bits per heavy atom. The highest BCUT2D eigenvalue weighted by molar-refractivity contribution is 7.99. The van der Waals surface area contributed by atoms with E-state index in [9.17, 15) is 14.7 Å². The number of hydrogen-bond acceptors (Lipinski definition) is 6. The molecule has 1 N–H and O–H groups in total. The van der Waals surface area contributed by atoms with Gasteiger partial charge in [-0.1, -0.05) is 62.9 Å². The highest BCUT2D eigenvalue weighted by Crippen LogP contribution is 2.40. The molecule has 0 unspecified atom stereocenters. The molecule has 7 heteroatoms. The van der Waals surface area contributed by atoms with E-state index < -0.39 is 5.63 Å². The van der Waals surface area contributed by atoms with Crippen molar-refractivity contribution in [3.8, 4) is 22.8 Å². The zero-order chi connectivity index (χ0) is 21.9. The fraction of sp³-hybridized carbons (Fsp3) is 0.217. The van der Waals surface area contributed by atoms with Crippen molar-refractivity contribution in [3.63, 3.8) is 0 Å². The van der Waals surface area contributed by atoms with Gasteiger partial charge < -0.3 is 14.3 Å². The van der Waals surface area contributed by atoms with Crippen LogP contribution in [0.15, 0.2) is 73.6 Å². The molecule has 0 amide bonds. The monoisotopic (exact) mass is 442 g/mol. The summed E-state index contributed by atoms with van der Waals surface area (Å²) >= 11 is 4.85. The van der Waals surface area contributed by atoms with Crippen LogP contribution in [0.4, 0.5) is 0 Å². The minimum Gasteiger partial charge on any atom is -0.506 e. The Bertz CT molecular complexity index is 1110. The predicted molar refractivity (Wildman–Crippen MR) is 121 cm³/mol. The van der Waals surface area contributed by atoms with E-state index in [2.05, 4.69) is 12.6 Å². The van der Waals surface area contributed by atoms with Crippen LogP contribution in [0, 0.1) is 0 Å². The molecule has 0 saturated heterocycles. The summed E-state index contributed by atoms with van der Waals surface area (Å²) in [5, 5.41) is 10.2. The fourth-order valence-corrected chi connectivity index (χ4v) is 4.02. The third-order valence-corrected chi connectivity index (χ3v) is 5.57. The van der Waals surface area contributed by atoms with Crippen molar-refractivity contribution in [1.82, 2.24) is 0 Å². The topological polar surface area (TPSA) is 76.7 Å². The lowest BCUT2D eigenvalue weighted by Gasteiger charge is -2.23. The molecule has 156 valence electrons. The SMILES string of the molecule is CC(C)(C)c1cc(OCC(=O)S)ccc1Sc1c(O)cc(-c2ccccc2)oc1=O. The summed E-state index contributed by atoms with van der Waals surface area (Å²) < 4.78 is 10.9. The van der Waals surface area contributed by atoms with E-state index in [4.69, 9.17) is 9.15 Å². The second kappa shape index (κ2) is 9.02. The molecule has 3 aromatic rings. The minimum absolute atomic E-state index is 0.111. The molecule has 0 fully saturated rings. The first kappa shape index (κ1) is 22.1. The van der Waals surface area contributed by atoms with Gasteiger partial charge in [-0.05, 0) is 29.2 Å². The highest BCUT2D eigenvalue weighted by Gasteiger charge is 2.22. The van der Waals surface area contributed by atoms with Gasteiger partial charge in [0.1, 0.15) is 22.2 Å². The molecule has 0 saturated carbocycles. The molecule has 0 radical (unpaired) electrons. The van der Waals surface area contributed by atoms with Crippen molar-refractivity contribution in [2.24, 2.45) is 0 Å². The van der Waals surface area contributed by atoms with Crippen LogP contribution in [0.2, 0.25) is 0 Å². The first-order chi connectivity index (χ1) is 14.1. The summed E-state index contributed by atoms with van der Waals surface area (Å²) in [5.41, 5.74) is 0.728. The Balaban J connectivity index is 1.97. The third-order valence-electron chi connectivity index (χ3n) is 4.28. The van der Waals surface area contributed by atoms with Crippen molar-refractivity contribution in [2.45, 2.75) is 36.0 Å². The van der Waals surface area contributed by atoms with Crippen LogP contribution < -0.4 is 10.4 Å². The van der Waals surface area contributed by atoms with E-state index in [0.717, 1.165) is 22.2 Å². The summed E-state index contributed by atoms with van der Waals surface area (Å²) in [7, 11) is 0. The van der Waals surface area contributed by atoms with Gasteiger partial charge in [0.25, 0.3) is 0 Å². The number of thiol groups is 1. The molecule has 2 aromatic carbocycles. The van der Waals surface area contributed by atoms with Gasteiger partial charge in [0.15, 0.2) is 6.61 Å². The normalized spacial score (nSPS) is 11.3.